The Morgan fingerprint density at radius 1 is 1.28 bits per heavy atom. The second-order valence-electron chi connectivity index (χ2n) is 5.61. The highest BCUT2D eigenvalue weighted by Gasteiger charge is 2.26. The number of amides is 1. The van der Waals surface area contributed by atoms with Gasteiger partial charge in [-0.1, -0.05) is 0 Å². The summed E-state index contributed by atoms with van der Waals surface area (Å²) in [6.45, 7) is 3.74. The van der Waals surface area contributed by atoms with Gasteiger partial charge in [-0.15, -0.1) is 11.3 Å². The number of rotatable bonds is 5. The Morgan fingerprint density at radius 3 is 2.56 bits per heavy atom. The number of carbonyl (C=O) groups is 1. The molecule has 0 atom stereocenters. The molecule has 1 amide bonds. The number of thiazole rings is 1. The molecule has 0 spiro atoms. The molecular weight excluding hydrogens is 362 g/mol. The van der Waals surface area contributed by atoms with Gasteiger partial charge in [0.25, 0.3) is 5.91 Å². The fourth-order valence-electron chi connectivity index (χ4n) is 2.46. The summed E-state index contributed by atoms with van der Waals surface area (Å²) >= 11 is 1.49. The van der Waals surface area contributed by atoms with Crippen molar-refractivity contribution in [1.29, 1.82) is 0 Å². The molecule has 25 heavy (non-hydrogen) atoms. The molecule has 0 unspecified atom stereocenters. The van der Waals surface area contributed by atoms with E-state index in [0.29, 0.717) is 38.4 Å². The average Bonchev–Trinajstić information content (AvgIpc) is 3.06. The molecule has 1 aromatic heterocycles. The first-order valence-electron chi connectivity index (χ1n) is 7.84. The van der Waals surface area contributed by atoms with Crippen LogP contribution in [0.1, 0.15) is 21.1 Å². The van der Waals surface area contributed by atoms with Crippen LogP contribution >= 0.6 is 11.3 Å². The van der Waals surface area contributed by atoms with Gasteiger partial charge in [-0.05, 0) is 31.2 Å². The number of nitrogens with zero attached hydrogens (tertiary/aromatic N) is 2. The Morgan fingerprint density at radius 2 is 1.96 bits per heavy atom. The summed E-state index contributed by atoms with van der Waals surface area (Å²) in [5.74, 6) is -0.261. The van der Waals surface area contributed by atoms with Gasteiger partial charge < -0.3 is 10.1 Å². The highest BCUT2D eigenvalue weighted by Crippen LogP contribution is 2.18. The first-order valence-corrected chi connectivity index (χ1v) is 10.2. The summed E-state index contributed by atoms with van der Waals surface area (Å²) in [4.78, 5) is 16.6. The SMILES string of the molecule is Cc1csc(CNC(=O)c2ccc(S(=O)(=O)N3CCOCC3)cc2)n1. The molecule has 9 heteroatoms. The highest BCUT2D eigenvalue weighted by atomic mass is 32.2. The molecule has 0 radical (unpaired) electrons. The van der Waals surface area contributed by atoms with Crippen LogP contribution in [0.4, 0.5) is 0 Å². The maximum atomic E-state index is 12.5. The lowest BCUT2D eigenvalue weighted by atomic mass is 10.2. The lowest BCUT2D eigenvalue weighted by Crippen LogP contribution is -2.40. The van der Waals surface area contributed by atoms with Gasteiger partial charge in [-0.2, -0.15) is 4.31 Å². The van der Waals surface area contributed by atoms with Gasteiger partial charge in [0, 0.05) is 29.7 Å². The van der Waals surface area contributed by atoms with Crippen molar-refractivity contribution in [2.75, 3.05) is 26.3 Å². The molecule has 0 bridgehead atoms. The van der Waals surface area contributed by atoms with Gasteiger partial charge in [0.1, 0.15) is 5.01 Å². The van der Waals surface area contributed by atoms with Crippen LogP contribution in [0.25, 0.3) is 0 Å². The number of morpholine rings is 1. The summed E-state index contributed by atoms with van der Waals surface area (Å²) in [6.07, 6.45) is 0. The van der Waals surface area contributed by atoms with E-state index >= 15 is 0 Å². The minimum absolute atomic E-state index is 0.182. The Hall–Kier alpha value is -1.81. The lowest BCUT2D eigenvalue weighted by Gasteiger charge is -2.26. The van der Waals surface area contributed by atoms with Crippen LogP contribution in [0.15, 0.2) is 34.5 Å². The van der Waals surface area contributed by atoms with Crippen molar-refractivity contribution in [2.24, 2.45) is 0 Å². The summed E-state index contributed by atoms with van der Waals surface area (Å²) in [7, 11) is -3.54. The Kier molecular flexibility index (Phi) is 5.48. The number of aromatic nitrogens is 1. The molecule has 1 aromatic carbocycles. The fraction of sp³-hybridized carbons (Fsp3) is 0.375. The first kappa shape index (κ1) is 18.0. The van der Waals surface area contributed by atoms with Gasteiger partial charge >= 0.3 is 0 Å². The number of hydrogen-bond donors (Lipinski definition) is 1. The monoisotopic (exact) mass is 381 g/mol. The Labute approximate surface area is 150 Å². The Bertz CT molecular complexity index is 841. The maximum Gasteiger partial charge on any atom is 0.251 e. The zero-order chi connectivity index (χ0) is 17.9. The van der Waals surface area contributed by atoms with Crippen molar-refractivity contribution in [1.82, 2.24) is 14.6 Å². The largest absolute Gasteiger partial charge is 0.379 e. The maximum absolute atomic E-state index is 12.5. The second kappa shape index (κ2) is 7.61. The van der Waals surface area contributed by atoms with E-state index in [0.717, 1.165) is 10.7 Å². The number of sulfonamides is 1. The standard InChI is InChI=1S/C16H19N3O4S2/c1-12-11-24-15(18-12)10-17-16(20)13-2-4-14(5-3-13)25(21,22)19-6-8-23-9-7-19/h2-5,11H,6-10H2,1H3,(H,17,20). The number of carbonyl (C=O) groups excluding carboxylic acids is 1. The molecule has 7 nitrogen and oxygen atoms in total. The zero-order valence-corrected chi connectivity index (χ0v) is 15.4. The predicted molar refractivity (Wildman–Crippen MR) is 94.0 cm³/mol. The number of ether oxygens (including phenoxy) is 1. The van der Waals surface area contributed by atoms with Gasteiger partial charge in [-0.25, -0.2) is 13.4 Å². The van der Waals surface area contributed by atoms with E-state index in [9.17, 15) is 13.2 Å². The third kappa shape index (κ3) is 4.24. The number of aryl methyl sites for hydroxylation is 1. The molecule has 1 aliphatic rings. The van der Waals surface area contributed by atoms with Crippen molar-refractivity contribution in [3.05, 3.63) is 45.9 Å². The zero-order valence-electron chi connectivity index (χ0n) is 13.8. The van der Waals surface area contributed by atoms with Crippen LogP contribution in [-0.2, 0) is 21.3 Å². The molecule has 2 aromatic rings. The Balaban J connectivity index is 1.65. The van der Waals surface area contributed by atoms with E-state index in [4.69, 9.17) is 4.74 Å². The molecule has 0 saturated carbocycles. The van der Waals surface area contributed by atoms with Crippen LogP contribution in [0.3, 0.4) is 0 Å². The van der Waals surface area contributed by atoms with Crippen LogP contribution in [0.5, 0.6) is 0 Å². The summed E-state index contributed by atoms with van der Waals surface area (Å²) in [5, 5.41) is 5.54. The molecule has 3 rings (SSSR count). The fourth-order valence-corrected chi connectivity index (χ4v) is 4.58. The van der Waals surface area contributed by atoms with E-state index in [1.807, 2.05) is 12.3 Å². The number of nitrogens with one attached hydrogen (secondary N) is 1. The minimum Gasteiger partial charge on any atom is -0.379 e. The molecule has 1 saturated heterocycles. The molecule has 1 N–H and O–H groups in total. The summed E-state index contributed by atoms with van der Waals surface area (Å²) in [6, 6.07) is 5.98. The number of benzene rings is 1. The third-order valence-electron chi connectivity index (χ3n) is 3.79. The lowest BCUT2D eigenvalue weighted by molar-refractivity contribution is 0.0730. The molecule has 134 valence electrons. The van der Waals surface area contributed by atoms with Crippen LogP contribution in [-0.4, -0.2) is 49.9 Å². The van der Waals surface area contributed by atoms with Crippen LogP contribution < -0.4 is 5.32 Å². The summed E-state index contributed by atoms with van der Waals surface area (Å²) < 4.78 is 31.7. The van der Waals surface area contributed by atoms with E-state index < -0.39 is 10.0 Å². The van der Waals surface area contributed by atoms with Crippen molar-refractivity contribution in [3.63, 3.8) is 0 Å². The molecule has 1 aliphatic heterocycles. The summed E-state index contributed by atoms with van der Waals surface area (Å²) in [5.41, 5.74) is 1.33. The third-order valence-corrected chi connectivity index (χ3v) is 6.67. The first-order chi connectivity index (χ1) is 12.0. The normalized spacial score (nSPS) is 15.9. The van der Waals surface area contributed by atoms with Crippen molar-refractivity contribution >= 4 is 27.3 Å². The second-order valence-corrected chi connectivity index (χ2v) is 8.49. The van der Waals surface area contributed by atoms with Crippen molar-refractivity contribution in [2.45, 2.75) is 18.4 Å². The minimum atomic E-state index is -3.54. The van der Waals surface area contributed by atoms with Gasteiger partial charge in [0.2, 0.25) is 10.0 Å². The van der Waals surface area contributed by atoms with Crippen LogP contribution in [0.2, 0.25) is 0 Å². The quantitative estimate of drug-likeness (QED) is 0.846. The van der Waals surface area contributed by atoms with Crippen molar-refractivity contribution in [3.8, 4) is 0 Å². The molecule has 2 heterocycles. The van der Waals surface area contributed by atoms with Gasteiger partial charge in [0.05, 0.1) is 24.7 Å². The molecule has 0 aliphatic carbocycles. The van der Waals surface area contributed by atoms with Gasteiger partial charge in [0.15, 0.2) is 0 Å². The van der Waals surface area contributed by atoms with E-state index in [2.05, 4.69) is 10.3 Å². The molecule has 1 fully saturated rings. The smallest absolute Gasteiger partial charge is 0.251 e. The van der Waals surface area contributed by atoms with E-state index in [1.54, 1.807) is 0 Å². The topological polar surface area (TPSA) is 88.6 Å². The van der Waals surface area contributed by atoms with Crippen LogP contribution in [0, 0.1) is 6.92 Å². The molecular formula is C16H19N3O4S2. The van der Waals surface area contributed by atoms with E-state index in [1.165, 1.54) is 39.9 Å². The average molecular weight is 381 g/mol. The predicted octanol–water partition coefficient (Wildman–Crippen LogP) is 1.40. The van der Waals surface area contributed by atoms with Crippen molar-refractivity contribution < 1.29 is 17.9 Å². The highest BCUT2D eigenvalue weighted by molar-refractivity contribution is 7.89. The van der Waals surface area contributed by atoms with E-state index in [-0.39, 0.29) is 10.8 Å². The van der Waals surface area contributed by atoms with Gasteiger partial charge in [-0.3, -0.25) is 4.79 Å². The number of hydrogen-bond acceptors (Lipinski definition) is 6.